The van der Waals surface area contributed by atoms with Crippen LogP contribution >= 0.6 is 0 Å². The van der Waals surface area contributed by atoms with E-state index in [4.69, 9.17) is 0 Å². The second-order valence-corrected chi connectivity index (χ2v) is 8.92. The van der Waals surface area contributed by atoms with Crippen LogP contribution in [0.25, 0.3) is 22.6 Å². The van der Waals surface area contributed by atoms with E-state index in [1.54, 1.807) is 6.20 Å². The molecule has 8 nitrogen and oxygen atoms in total. The van der Waals surface area contributed by atoms with E-state index < -0.39 is 0 Å². The minimum absolute atomic E-state index is 0.0406. The Balaban J connectivity index is 1.45. The fraction of sp³-hybridized carbons (Fsp3) is 0.250. The van der Waals surface area contributed by atoms with Gasteiger partial charge in [0.15, 0.2) is 5.82 Å². The van der Waals surface area contributed by atoms with Crippen molar-refractivity contribution in [1.29, 1.82) is 0 Å². The molecular weight excluding hydrogens is 450 g/mol. The van der Waals surface area contributed by atoms with Crippen LogP contribution in [-0.2, 0) is 19.5 Å². The lowest BCUT2D eigenvalue weighted by atomic mass is 10.0. The van der Waals surface area contributed by atoms with E-state index in [0.717, 1.165) is 52.9 Å². The first-order valence-electron chi connectivity index (χ1n) is 12.3. The van der Waals surface area contributed by atoms with Crippen LogP contribution in [0.5, 0.6) is 0 Å². The van der Waals surface area contributed by atoms with Crippen molar-refractivity contribution in [3.8, 4) is 22.6 Å². The molecule has 0 radical (unpaired) electrons. The van der Waals surface area contributed by atoms with Crippen molar-refractivity contribution in [1.82, 2.24) is 34.7 Å². The van der Waals surface area contributed by atoms with Crippen molar-refractivity contribution < 1.29 is 0 Å². The standard InChI is InChI=1S/C28H29N7O/c1-3-4-12-25-20(2)34(18-21-9-6-5-7-10-21)28(36)35(25)19-22-13-15-23(16-14-22)24-11-8-17-29-26(24)27-30-32-33-31-27/h5-11,13-17H,3-4,12,18-19H2,1-2H3,(H,30,31,32,33). The van der Waals surface area contributed by atoms with Crippen LogP contribution < -0.4 is 5.69 Å². The van der Waals surface area contributed by atoms with Crippen molar-refractivity contribution in [2.24, 2.45) is 0 Å². The maximum absolute atomic E-state index is 13.5. The minimum atomic E-state index is 0.0406. The molecule has 0 aliphatic heterocycles. The predicted octanol–water partition coefficient (Wildman–Crippen LogP) is 4.64. The average molecular weight is 480 g/mol. The summed E-state index contributed by atoms with van der Waals surface area (Å²) in [6.45, 7) is 5.36. The topological polar surface area (TPSA) is 94.3 Å². The molecule has 0 amide bonds. The van der Waals surface area contributed by atoms with Crippen molar-refractivity contribution in [2.75, 3.05) is 0 Å². The highest BCUT2D eigenvalue weighted by atomic mass is 16.1. The zero-order valence-corrected chi connectivity index (χ0v) is 20.6. The van der Waals surface area contributed by atoms with Gasteiger partial charge in [-0.25, -0.2) is 9.89 Å². The minimum Gasteiger partial charge on any atom is -0.292 e. The number of nitrogens with zero attached hydrogens (tertiary/aromatic N) is 6. The van der Waals surface area contributed by atoms with Gasteiger partial charge >= 0.3 is 5.69 Å². The first-order valence-corrected chi connectivity index (χ1v) is 12.3. The monoisotopic (exact) mass is 479 g/mol. The molecule has 0 saturated heterocycles. The van der Waals surface area contributed by atoms with Gasteiger partial charge in [-0.05, 0) is 52.9 Å². The van der Waals surface area contributed by atoms with E-state index in [2.05, 4.69) is 75.9 Å². The highest BCUT2D eigenvalue weighted by Crippen LogP contribution is 2.28. The van der Waals surface area contributed by atoms with Crippen LogP contribution in [0.1, 0.15) is 42.3 Å². The van der Waals surface area contributed by atoms with Gasteiger partial charge in [0.2, 0.25) is 0 Å². The Hall–Kier alpha value is -4.33. The number of benzene rings is 2. The van der Waals surface area contributed by atoms with E-state index in [1.807, 2.05) is 39.5 Å². The number of rotatable bonds is 9. The normalized spacial score (nSPS) is 11.2. The third-order valence-corrected chi connectivity index (χ3v) is 6.54. The predicted molar refractivity (Wildman–Crippen MR) is 140 cm³/mol. The van der Waals surface area contributed by atoms with Crippen molar-refractivity contribution in [2.45, 2.75) is 46.2 Å². The highest BCUT2D eigenvalue weighted by Gasteiger charge is 2.17. The lowest BCUT2D eigenvalue weighted by molar-refractivity contribution is 0.654. The summed E-state index contributed by atoms with van der Waals surface area (Å²) in [7, 11) is 0. The van der Waals surface area contributed by atoms with Gasteiger partial charge in [0.05, 0.1) is 13.1 Å². The summed E-state index contributed by atoms with van der Waals surface area (Å²) in [5.74, 6) is 0.525. The Kier molecular flexibility index (Phi) is 6.84. The molecule has 0 bridgehead atoms. The molecule has 36 heavy (non-hydrogen) atoms. The lowest BCUT2D eigenvalue weighted by Crippen LogP contribution is -2.26. The number of H-pyrrole nitrogens is 1. The molecule has 0 saturated carbocycles. The van der Waals surface area contributed by atoms with E-state index in [0.29, 0.717) is 24.6 Å². The van der Waals surface area contributed by atoms with Gasteiger partial charge in [-0.3, -0.25) is 14.1 Å². The van der Waals surface area contributed by atoms with Gasteiger partial charge in [0.25, 0.3) is 0 Å². The zero-order chi connectivity index (χ0) is 24.9. The second-order valence-electron chi connectivity index (χ2n) is 8.92. The molecule has 0 spiro atoms. The quantitative estimate of drug-likeness (QED) is 0.332. The van der Waals surface area contributed by atoms with E-state index in [9.17, 15) is 4.79 Å². The number of pyridine rings is 1. The molecule has 2 aromatic carbocycles. The Morgan fingerprint density at radius 2 is 1.64 bits per heavy atom. The zero-order valence-electron chi connectivity index (χ0n) is 20.6. The number of aromatic amines is 1. The molecule has 0 atom stereocenters. The summed E-state index contributed by atoms with van der Waals surface area (Å²) >= 11 is 0. The number of hydrogen-bond donors (Lipinski definition) is 1. The summed E-state index contributed by atoms with van der Waals surface area (Å²) in [5, 5.41) is 14.1. The number of unbranched alkanes of at least 4 members (excludes halogenated alkanes) is 1. The van der Waals surface area contributed by atoms with Gasteiger partial charge in [-0.2, -0.15) is 0 Å². The Bertz CT molecular complexity index is 1480. The number of tetrazole rings is 1. The van der Waals surface area contributed by atoms with E-state index >= 15 is 0 Å². The van der Waals surface area contributed by atoms with Crippen molar-refractivity contribution in [3.05, 3.63) is 106 Å². The van der Waals surface area contributed by atoms with Gasteiger partial charge in [0.1, 0.15) is 5.69 Å². The smallest absolute Gasteiger partial charge is 0.292 e. The van der Waals surface area contributed by atoms with Crippen LogP contribution in [0.15, 0.2) is 77.7 Å². The third-order valence-electron chi connectivity index (χ3n) is 6.54. The largest absolute Gasteiger partial charge is 0.329 e. The molecule has 5 rings (SSSR count). The van der Waals surface area contributed by atoms with E-state index in [-0.39, 0.29) is 5.69 Å². The molecular formula is C28H29N7O. The summed E-state index contributed by atoms with van der Waals surface area (Å²) in [6, 6.07) is 22.3. The first kappa shape index (κ1) is 23.4. The molecule has 0 aliphatic carbocycles. The maximum Gasteiger partial charge on any atom is 0.329 e. The lowest BCUT2D eigenvalue weighted by Gasteiger charge is -2.10. The summed E-state index contributed by atoms with van der Waals surface area (Å²) in [5.41, 5.74) is 7.05. The second kappa shape index (κ2) is 10.5. The SMILES string of the molecule is CCCCc1c(C)n(Cc2ccccc2)c(=O)n1Cc1ccc(-c2cccnc2-c2nnn[nH]2)cc1. The fourth-order valence-electron chi connectivity index (χ4n) is 4.59. The molecule has 0 aliphatic rings. The maximum atomic E-state index is 13.5. The van der Waals surface area contributed by atoms with Gasteiger partial charge in [-0.15, -0.1) is 5.10 Å². The van der Waals surface area contributed by atoms with Gasteiger partial charge in [0, 0.05) is 23.1 Å². The Morgan fingerprint density at radius 3 is 2.36 bits per heavy atom. The Morgan fingerprint density at radius 1 is 0.889 bits per heavy atom. The summed E-state index contributed by atoms with van der Waals surface area (Å²) < 4.78 is 3.85. The molecule has 8 heteroatoms. The summed E-state index contributed by atoms with van der Waals surface area (Å²) in [6.07, 6.45) is 4.75. The molecule has 1 N–H and O–H groups in total. The third kappa shape index (κ3) is 4.75. The Labute approximate surface area is 209 Å². The number of imidazole rings is 1. The van der Waals surface area contributed by atoms with Gasteiger partial charge < -0.3 is 0 Å². The number of aromatic nitrogens is 7. The molecule has 3 heterocycles. The number of nitrogens with one attached hydrogen (secondary N) is 1. The van der Waals surface area contributed by atoms with Crippen molar-refractivity contribution >= 4 is 0 Å². The number of hydrogen-bond acceptors (Lipinski definition) is 5. The van der Waals surface area contributed by atoms with Gasteiger partial charge in [-0.1, -0.05) is 74.0 Å². The molecule has 182 valence electrons. The average Bonchev–Trinajstić information content (AvgIpc) is 3.53. The van der Waals surface area contributed by atoms with Crippen LogP contribution in [0, 0.1) is 6.92 Å². The molecule has 0 fully saturated rings. The molecule has 3 aromatic heterocycles. The van der Waals surface area contributed by atoms with E-state index in [1.165, 1.54) is 0 Å². The highest BCUT2D eigenvalue weighted by molar-refractivity contribution is 5.77. The van der Waals surface area contributed by atoms with Crippen LogP contribution in [0.2, 0.25) is 0 Å². The fourth-order valence-corrected chi connectivity index (χ4v) is 4.59. The molecule has 0 unspecified atom stereocenters. The van der Waals surface area contributed by atoms with Crippen LogP contribution in [0.3, 0.4) is 0 Å². The molecule has 5 aromatic rings. The van der Waals surface area contributed by atoms with Crippen LogP contribution in [0.4, 0.5) is 0 Å². The first-order chi connectivity index (χ1) is 17.7. The van der Waals surface area contributed by atoms with Crippen molar-refractivity contribution in [3.63, 3.8) is 0 Å². The summed E-state index contributed by atoms with van der Waals surface area (Å²) in [4.78, 5) is 18.0. The van der Waals surface area contributed by atoms with Crippen LogP contribution in [-0.4, -0.2) is 34.7 Å².